The van der Waals surface area contributed by atoms with Crippen molar-refractivity contribution in [2.75, 3.05) is 7.11 Å². The molecular formula is C13H14O4. The van der Waals surface area contributed by atoms with E-state index in [0.717, 1.165) is 0 Å². The first-order chi connectivity index (χ1) is 8.11. The summed E-state index contributed by atoms with van der Waals surface area (Å²) in [6.07, 6.45) is 1.03. The highest BCUT2D eigenvalue weighted by Gasteiger charge is 2.23. The molecule has 1 aromatic rings. The van der Waals surface area contributed by atoms with Gasteiger partial charge in [0, 0.05) is 30.9 Å². The number of aromatic hydroxyl groups is 1. The molecule has 90 valence electrons. The summed E-state index contributed by atoms with van der Waals surface area (Å²) in [5.74, 6) is 0.731. The minimum Gasteiger partial charge on any atom is -0.512 e. The van der Waals surface area contributed by atoms with Crippen molar-refractivity contribution in [2.45, 2.75) is 19.3 Å². The molecule has 0 saturated carbocycles. The molecule has 1 aliphatic rings. The number of Topliss-reactive ketones (excluding diaryl/α,β-unsaturated/α-hetero) is 1. The third kappa shape index (κ3) is 2.25. The lowest BCUT2D eigenvalue weighted by Crippen LogP contribution is -2.01. The average molecular weight is 234 g/mol. The van der Waals surface area contributed by atoms with Gasteiger partial charge in [0.05, 0.1) is 12.9 Å². The van der Waals surface area contributed by atoms with Crippen LogP contribution in [0, 0.1) is 0 Å². The Morgan fingerprint density at radius 3 is 2.59 bits per heavy atom. The molecule has 0 amide bonds. The third-order valence-corrected chi connectivity index (χ3v) is 2.93. The predicted octanol–water partition coefficient (Wildman–Crippen LogP) is 2.12. The number of aliphatic hydroxyl groups excluding tert-OH is 1. The molecule has 0 spiro atoms. The van der Waals surface area contributed by atoms with Gasteiger partial charge < -0.3 is 14.9 Å². The van der Waals surface area contributed by atoms with E-state index < -0.39 is 0 Å². The summed E-state index contributed by atoms with van der Waals surface area (Å²) in [5.41, 5.74) is 1.02. The fraction of sp³-hybridized carbons (Fsp3) is 0.308. The van der Waals surface area contributed by atoms with E-state index in [4.69, 9.17) is 4.74 Å². The van der Waals surface area contributed by atoms with Gasteiger partial charge in [-0.3, -0.25) is 4.79 Å². The molecule has 4 heteroatoms. The number of ketones is 1. The van der Waals surface area contributed by atoms with Crippen LogP contribution in [0.25, 0.3) is 0 Å². The van der Waals surface area contributed by atoms with Crippen molar-refractivity contribution < 1.29 is 19.7 Å². The summed E-state index contributed by atoms with van der Waals surface area (Å²) in [5, 5.41) is 19.3. The second kappa shape index (κ2) is 4.49. The van der Waals surface area contributed by atoms with E-state index in [1.807, 2.05) is 0 Å². The van der Waals surface area contributed by atoms with Crippen molar-refractivity contribution in [3.05, 3.63) is 35.1 Å². The van der Waals surface area contributed by atoms with E-state index in [0.29, 0.717) is 29.7 Å². The molecule has 1 aliphatic carbocycles. The number of phenols is 1. The zero-order valence-electron chi connectivity index (χ0n) is 9.56. The van der Waals surface area contributed by atoms with Gasteiger partial charge in [0.2, 0.25) is 0 Å². The van der Waals surface area contributed by atoms with Crippen LogP contribution in [-0.4, -0.2) is 23.1 Å². The smallest absolute Gasteiger partial charge is 0.162 e. The summed E-state index contributed by atoms with van der Waals surface area (Å²) < 4.78 is 4.97. The second-order valence-corrected chi connectivity index (χ2v) is 4.02. The first-order valence-electron chi connectivity index (χ1n) is 5.42. The molecule has 0 saturated heterocycles. The number of allylic oxidation sites excluding steroid dienone is 2. The minimum atomic E-state index is -0.0438. The van der Waals surface area contributed by atoms with Crippen LogP contribution in [-0.2, 0) is 11.2 Å². The topological polar surface area (TPSA) is 66.8 Å². The van der Waals surface area contributed by atoms with E-state index in [-0.39, 0.29) is 23.7 Å². The van der Waals surface area contributed by atoms with Gasteiger partial charge in [-0.05, 0) is 11.6 Å². The van der Waals surface area contributed by atoms with E-state index in [9.17, 15) is 15.0 Å². The molecule has 0 unspecified atom stereocenters. The number of phenolic OH excluding ortho intramolecular Hbond substituents is 1. The Kier molecular flexibility index (Phi) is 3.04. The quantitative estimate of drug-likeness (QED) is 0.840. The average Bonchev–Trinajstić information content (AvgIpc) is 2.63. The fourth-order valence-electron chi connectivity index (χ4n) is 1.91. The van der Waals surface area contributed by atoms with Gasteiger partial charge in [-0.15, -0.1) is 0 Å². The Balaban J connectivity index is 2.25. The van der Waals surface area contributed by atoms with E-state index in [2.05, 4.69) is 0 Å². The van der Waals surface area contributed by atoms with Crippen molar-refractivity contribution in [1.29, 1.82) is 0 Å². The number of hydrogen-bond donors (Lipinski definition) is 2. The highest BCUT2D eigenvalue weighted by molar-refractivity contribution is 5.98. The molecule has 0 atom stereocenters. The number of methoxy groups -OCH3 is 1. The highest BCUT2D eigenvalue weighted by Crippen LogP contribution is 2.29. The number of carbonyl (C=O) groups excluding carboxylic acids is 1. The molecule has 4 nitrogen and oxygen atoms in total. The molecule has 17 heavy (non-hydrogen) atoms. The van der Waals surface area contributed by atoms with Gasteiger partial charge in [-0.1, -0.05) is 6.07 Å². The van der Waals surface area contributed by atoms with Gasteiger partial charge in [0.25, 0.3) is 0 Å². The summed E-state index contributed by atoms with van der Waals surface area (Å²) in [4.78, 5) is 11.5. The maximum absolute atomic E-state index is 11.5. The lowest BCUT2D eigenvalue weighted by molar-refractivity contribution is -0.115. The van der Waals surface area contributed by atoms with Crippen LogP contribution in [0.3, 0.4) is 0 Å². The Bertz CT molecular complexity index is 488. The summed E-state index contributed by atoms with van der Waals surface area (Å²) in [7, 11) is 1.52. The lowest BCUT2D eigenvalue weighted by Gasteiger charge is -2.07. The maximum atomic E-state index is 11.5. The van der Waals surface area contributed by atoms with E-state index >= 15 is 0 Å². The number of ether oxygens (including phenoxy) is 1. The normalized spacial score (nSPS) is 15.5. The molecular weight excluding hydrogens is 220 g/mol. The molecule has 0 bridgehead atoms. The third-order valence-electron chi connectivity index (χ3n) is 2.93. The fourth-order valence-corrected chi connectivity index (χ4v) is 1.91. The van der Waals surface area contributed by atoms with Crippen molar-refractivity contribution in [3.63, 3.8) is 0 Å². The number of carbonyl (C=O) groups is 1. The Hall–Kier alpha value is -1.97. The van der Waals surface area contributed by atoms with Crippen LogP contribution in [0.2, 0.25) is 0 Å². The largest absolute Gasteiger partial charge is 0.512 e. The van der Waals surface area contributed by atoms with Crippen molar-refractivity contribution >= 4 is 5.78 Å². The van der Waals surface area contributed by atoms with Gasteiger partial charge in [0.15, 0.2) is 5.78 Å². The standard InChI is InChI=1S/C13H14O4/c1-17-9-3-2-8(13(16)7-9)6-10-11(14)4-5-12(10)15/h2-3,7,14,16H,4-6H2,1H3. The molecule has 0 aromatic heterocycles. The van der Waals surface area contributed by atoms with Gasteiger partial charge in [0.1, 0.15) is 11.5 Å². The molecule has 0 fully saturated rings. The van der Waals surface area contributed by atoms with Crippen molar-refractivity contribution in [1.82, 2.24) is 0 Å². The van der Waals surface area contributed by atoms with Gasteiger partial charge in [-0.25, -0.2) is 0 Å². The van der Waals surface area contributed by atoms with E-state index in [1.165, 1.54) is 13.2 Å². The monoisotopic (exact) mass is 234 g/mol. The molecule has 0 heterocycles. The summed E-state index contributed by atoms with van der Waals surface area (Å²) >= 11 is 0. The Labute approximate surface area is 99.2 Å². The number of rotatable bonds is 3. The van der Waals surface area contributed by atoms with Gasteiger partial charge in [-0.2, -0.15) is 0 Å². The first-order valence-corrected chi connectivity index (χ1v) is 5.42. The Morgan fingerprint density at radius 2 is 2.06 bits per heavy atom. The van der Waals surface area contributed by atoms with Crippen LogP contribution in [0.4, 0.5) is 0 Å². The van der Waals surface area contributed by atoms with Crippen LogP contribution in [0.15, 0.2) is 29.5 Å². The number of hydrogen-bond acceptors (Lipinski definition) is 4. The zero-order chi connectivity index (χ0) is 12.4. The minimum absolute atomic E-state index is 0.0438. The molecule has 1 aromatic carbocycles. The van der Waals surface area contributed by atoms with E-state index in [1.54, 1.807) is 12.1 Å². The molecule has 0 aliphatic heterocycles. The number of aliphatic hydroxyl groups is 1. The molecule has 2 N–H and O–H groups in total. The summed E-state index contributed by atoms with van der Waals surface area (Å²) in [6, 6.07) is 4.90. The van der Waals surface area contributed by atoms with Crippen molar-refractivity contribution in [2.24, 2.45) is 0 Å². The molecule has 2 rings (SSSR count). The first kappa shape index (κ1) is 11.5. The van der Waals surface area contributed by atoms with Crippen molar-refractivity contribution in [3.8, 4) is 11.5 Å². The van der Waals surface area contributed by atoms with Crippen LogP contribution in [0.1, 0.15) is 18.4 Å². The lowest BCUT2D eigenvalue weighted by atomic mass is 10.0. The van der Waals surface area contributed by atoms with Gasteiger partial charge >= 0.3 is 0 Å². The second-order valence-electron chi connectivity index (χ2n) is 4.02. The van der Waals surface area contributed by atoms with Crippen LogP contribution >= 0.6 is 0 Å². The molecule has 0 radical (unpaired) electrons. The predicted molar refractivity (Wildman–Crippen MR) is 62.3 cm³/mol. The van der Waals surface area contributed by atoms with Crippen LogP contribution < -0.4 is 4.74 Å². The maximum Gasteiger partial charge on any atom is 0.162 e. The number of benzene rings is 1. The van der Waals surface area contributed by atoms with Crippen LogP contribution in [0.5, 0.6) is 11.5 Å². The SMILES string of the molecule is COc1ccc(CC2=C(O)CCC2=O)c(O)c1. The summed E-state index contributed by atoms with van der Waals surface area (Å²) in [6.45, 7) is 0. The Morgan fingerprint density at radius 1 is 1.29 bits per heavy atom. The zero-order valence-corrected chi connectivity index (χ0v) is 9.56. The highest BCUT2D eigenvalue weighted by atomic mass is 16.5.